The number of hydrogen-bond acceptors (Lipinski definition) is 2. The van der Waals surface area contributed by atoms with E-state index >= 15 is 0 Å². The van der Waals surface area contributed by atoms with Gasteiger partial charge in [0.2, 0.25) is 0 Å². The van der Waals surface area contributed by atoms with E-state index in [1.165, 1.54) is 15.9 Å². The number of ketones is 1. The van der Waals surface area contributed by atoms with Crippen LogP contribution in [-0.2, 0) is 9.22 Å². The first kappa shape index (κ1) is 26.3. The minimum Gasteiger partial charge on any atom is -0.407 e. The number of benzene rings is 2. The molecular weight excluding hydrogens is 408 g/mol. The molecule has 174 valence electrons. The van der Waals surface area contributed by atoms with Gasteiger partial charge in [-0.2, -0.15) is 0 Å². The van der Waals surface area contributed by atoms with Gasteiger partial charge in [0.15, 0.2) is 0 Å². The Labute approximate surface area is 197 Å². The van der Waals surface area contributed by atoms with Crippen molar-refractivity contribution in [1.29, 1.82) is 0 Å². The van der Waals surface area contributed by atoms with Gasteiger partial charge in [-0.05, 0) is 60.9 Å². The fourth-order valence-corrected chi connectivity index (χ4v) is 9.16. The van der Waals surface area contributed by atoms with Crippen LogP contribution in [-0.4, -0.2) is 20.7 Å². The SMILES string of the molecule is CC(=O)CCC=C(C)CCCC(C)CO[Si](c1ccccc1)(c1ccccc1)C(C)(C)C. The van der Waals surface area contributed by atoms with Crippen LogP contribution in [0.25, 0.3) is 0 Å². The van der Waals surface area contributed by atoms with E-state index in [1.54, 1.807) is 6.92 Å². The molecule has 0 bridgehead atoms. The summed E-state index contributed by atoms with van der Waals surface area (Å²) >= 11 is 0. The fraction of sp³-hybridized carbons (Fsp3) is 0.483. The summed E-state index contributed by atoms with van der Waals surface area (Å²) in [5.74, 6) is 0.768. The molecule has 0 amide bonds. The fourth-order valence-electron chi connectivity index (χ4n) is 4.47. The number of hydrogen-bond donors (Lipinski definition) is 0. The van der Waals surface area contributed by atoms with Gasteiger partial charge in [0.25, 0.3) is 8.32 Å². The molecule has 0 aliphatic heterocycles. The molecular formula is C29H42O2Si. The molecule has 0 heterocycles. The average Bonchev–Trinajstić information content (AvgIpc) is 2.74. The van der Waals surface area contributed by atoms with Crippen molar-refractivity contribution in [2.24, 2.45) is 5.92 Å². The van der Waals surface area contributed by atoms with E-state index in [9.17, 15) is 4.79 Å². The molecule has 0 spiro atoms. The molecule has 2 aromatic carbocycles. The summed E-state index contributed by atoms with van der Waals surface area (Å²) in [4.78, 5) is 11.1. The van der Waals surface area contributed by atoms with Crippen molar-refractivity contribution in [3.05, 3.63) is 72.3 Å². The van der Waals surface area contributed by atoms with Crippen molar-refractivity contribution >= 4 is 24.5 Å². The van der Waals surface area contributed by atoms with Crippen molar-refractivity contribution in [2.75, 3.05) is 6.61 Å². The topological polar surface area (TPSA) is 26.3 Å². The molecule has 0 saturated heterocycles. The van der Waals surface area contributed by atoms with Crippen LogP contribution in [0, 0.1) is 5.92 Å². The van der Waals surface area contributed by atoms with Crippen LogP contribution in [0.1, 0.15) is 73.6 Å². The number of rotatable bonds is 12. The maximum atomic E-state index is 11.1. The lowest BCUT2D eigenvalue weighted by Crippen LogP contribution is -2.66. The van der Waals surface area contributed by atoms with Crippen LogP contribution in [0.2, 0.25) is 5.04 Å². The summed E-state index contributed by atoms with van der Waals surface area (Å²) in [6.07, 6.45) is 7.16. The molecule has 1 atom stereocenters. The molecule has 2 aromatic rings. The van der Waals surface area contributed by atoms with Crippen molar-refractivity contribution in [3.8, 4) is 0 Å². The number of carbonyl (C=O) groups is 1. The van der Waals surface area contributed by atoms with Gasteiger partial charge in [0.1, 0.15) is 5.78 Å². The maximum Gasteiger partial charge on any atom is 0.261 e. The molecule has 0 saturated carbocycles. The molecule has 3 heteroatoms. The Kier molecular flexibility index (Phi) is 10.1. The standard InChI is InChI=1S/C29H42O2Si/c1-24(16-14-18-26(3)30)15-13-17-25(2)23-31-32(29(4,5)6,27-19-9-7-10-20-27)28-21-11-8-12-22-28/h7-12,16,19-22,25H,13-15,17-18,23H2,1-6H3. The Morgan fingerprint density at radius 1 is 0.938 bits per heavy atom. The average molecular weight is 451 g/mol. The van der Waals surface area contributed by atoms with Gasteiger partial charge >= 0.3 is 0 Å². The minimum atomic E-state index is -2.44. The predicted octanol–water partition coefficient (Wildman–Crippen LogP) is 6.68. The van der Waals surface area contributed by atoms with E-state index in [-0.39, 0.29) is 10.8 Å². The van der Waals surface area contributed by atoms with Crippen molar-refractivity contribution in [3.63, 3.8) is 0 Å². The zero-order valence-electron chi connectivity index (χ0n) is 21.0. The highest BCUT2D eigenvalue weighted by Gasteiger charge is 2.50. The Morgan fingerprint density at radius 2 is 1.47 bits per heavy atom. The molecule has 0 aromatic heterocycles. The van der Waals surface area contributed by atoms with Gasteiger partial charge in [-0.15, -0.1) is 0 Å². The summed E-state index contributed by atoms with van der Waals surface area (Å²) in [7, 11) is -2.44. The first-order chi connectivity index (χ1) is 15.2. The number of allylic oxidation sites excluding steroid dienone is 2. The van der Waals surface area contributed by atoms with Gasteiger partial charge in [-0.25, -0.2) is 0 Å². The summed E-state index contributed by atoms with van der Waals surface area (Å²) in [5.41, 5.74) is 1.39. The van der Waals surface area contributed by atoms with Crippen LogP contribution in [0.4, 0.5) is 0 Å². The second-order valence-corrected chi connectivity index (χ2v) is 14.6. The second kappa shape index (κ2) is 12.3. The molecule has 0 fully saturated rings. The normalized spacial score (nSPS) is 13.8. The van der Waals surface area contributed by atoms with Gasteiger partial charge in [0.05, 0.1) is 0 Å². The van der Waals surface area contributed by atoms with Crippen molar-refractivity contribution in [2.45, 2.75) is 78.7 Å². The van der Waals surface area contributed by atoms with Gasteiger partial charge < -0.3 is 9.22 Å². The molecule has 0 radical (unpaired) electrons. The largest absolute Gasteiger partial charge is 0.407 e. The van der Waals surface area contributed by atoms with Crippen LogP contribution in [0.3, 0.4) is 0 Å². The lowest BCUT2D eigenvalue weighted by molar-refractivity contribution is -0.116. The van der Waals surface area contributed by atoms with Crippen molar-refractivity contribution < 1.29 is 9.22 Å². The minimum absolute atomic E-state index is 0.0193. The molecule has 0 aliphatic rings. The monoisotopic (exact) mass is 450 g/mol. The first-order valence-corrected chi connectivity index (χ1v) is 14.0. The van der Waals surface area contributed by atoms with E-state index < -0.39 is 8.32 Å². The zero-order valence-corrected chi connectivity index (χ0v) is 22.0. The Hall–Kier alpha value is -1.97. The molecule has 2 nitrogen and oxygen atoms in total. The highest BCUT2D eigenvalue weighted by atomic mass is 28.4. The molecule has 0 N–H and O–H groups in total. The number of Topliss-reactive ketones (excluding diaryl/α,β-unsaturated/α-hetero) is 1. The summed E-state index contributed by atoms with van der Waals surface area (Å²) in [6.45, 7) is 13.9. The molecule has 1 unspecified atom stereocenters. The zero-order chi connectivity index (χ0) is 23.6. The third-order valence-corrected chi connectivity index (χ3v) is 11.3. The predicted molar refractivity (Wildman–Crippen MR) is 140 cm³/mol. The third-order valence-electron chi connectivity index (χ3n) is 6.26. The van der Waals surface area contributed by atoms with Crippen LogP contribution < -0.4 is 10.4 Å². The highest BCUT2D eigenvalue weighted by molar-refractivity contribution is 6.99. The first-order valence-electron chi connectivity index (χ1n) is 12.1. The molecule has 32 heavy (non-hydrogen) atoms. The lowest BCUT2D eigenvalue weighted by atomic mass is 10.0. The molecule has 0 aliphatic carbocycles. The Morgan fingerprint density at radius 3 is 1.94 bits per heavy atom. The number of carbonyl (C=O) groups excluding carboxylic acids is 1. The van der Waals surface area contributed by atoms with Gasteiger partial charge in [-0.3, -0.25) is 0 Å². The summed E-state index contributed by atoms with van der Waals surface area (Å²) < 4.78 is 7.06. The van der Waals surface area contributed by atoms with E-state index in [0.717, 1.165) is 32.3 Å². The maximum absolute atomic E-state index is 11.1. The van der Waals surface area contributed by atoms with E-state index in [2.05, 4.69) is 101 Å². The van der Waals surface area contributed by atoms with Gasteiger partial charge in [-0.1, -0.05) is 100 Å². The van der Waals surface area contributed by atoms with E-state index in [4.69, 9.17) is 4.43 Å². The summed E-state index contributed by atoms with van der Waals surface area (Å²) in [5, 5.41) is 2.70. The summed E-state index contributed by atoms with van der Waals surface area (Å²) in [6, 6.07) is 21.7. The lowest BCUT2D eigenvalue weighted by Gasteiger charge is -2.43. The van der Waals surface area contributed by atoms with Crippen molar-refractivity contribution in [1.82, 2.24) is 0 Å². The second-order valence-electron chi connectivity index (χ2n) is 10.3. The van der Waals surface area contributed by atoms with Crippen LogP contribution >= 0.6 is 0 Å². The van der Waals surface area contributed by atoms with Gasteiger partial charge in [0, 0.05) is 13.0 Å². The van der Waals surface area contributed by atoms with E-state index in [1.807, 2.05) is 0 Å². The Balaban J connectivity index is 2.10. The molecule has 2 rings (SSSR count). The van der Waals surface area contributed by atoms with E-state index in [0.29, 0.717) is 12.3 Å². The van der Waals surface area contributed by atoms with Crippen LogP contribution in [0.5, 0.6) is 0 Å². The smallest absolute Gasteiger partial charge is 0.261 e. The quantitative estimate of drug-likeness (QED) is 0.266. The van der Waals surface area contributed by atoms with Crippen LogP contribution in [0.15, 0.2) is 72.3 Å². The Bertz CT molecular complexity index is 810. The third kappa shape index (κ3) is 7.28. The highest BCUT2D eigenvalue weighted by Crippen LogP contribution is 2.37.